The molecule has 1 aromatic carbocycles. The Balaban J connectivity index is 1.81. The van der Waals surface area contributed by atoms with Gasteiger partial charge < -0.3 is 24.3 Å². The van der Waals surface area contributed by atoms with E-state index in [0.717, 1.165) is 11.3 Å². The van der Waals surface area contributed by atoms with Crippen LogP contribution < -0.4 is 10.1 Å². The summed E-state index contributed by atoms with van der Waals surface area (Å²) in [5.41, 5.74) is 0.461. The predicted molar refractivity (Wildman–Crippen MR) is 106 cm³/mol. The molecule has 3 rings (SSSR count). The van der Waals surface area contributed by atoms with E-state index in [2.05, 4.69) is 5.32 Å². The molecule has 0 bridgehead atoms. The van der Waals surface area contributed by atoms with Gasteiger partial charge in [0, 0.05) is 5.92 Å². The van der Waals surface area contributed by atoms with Crippen LogP contribution in [0.15, 0.2) is 24.3 Å². The summed E-state index contributed by atoms with van der Waals surface area (Å²) >= 11 is 0. The van der Waals surface area contributed by atoms with Crippen molar-refractivity contribution in [3.05, 3.63) is 29.8 Å². The van der Waals surface area contributed by atoms with Crippen LogP contribution in [0.25, 0.3) is 0 Å². The van der Waals surface area contributed by atoms with Crippen molar-refractivity contribution in [3.63, 3.8) is 0 Å². The van der Waals surface area contributed by atoms with Crippen LogP contribution in [-0.4, -0.2) is 50.6 Å². The van der Waals surface area contributed by atoms with Gasteiger partial charge in [-0.15, -0.1) is 0 Å². The van der Waals surface area contributed by atoms with Crippen molar-refractivity contribution >= 4 is 11.9 Å². The number of carbonyl (C=O) groups excluding carboxylic acids is 2. The number of esters is 1. The summed E-state index contributed by atoms with van der Waals surface area (Å²) in [6, 6.07) is 7.44. The molecule has 2 aliphatic rings. The lowest BCUT2D eigenvalue weighted by Crippen LogP contribution is -2.44. The molecule has 1 aromatic rings. The van der Waals surface area contributed by atoms with E-state index in [1.54, 1.807) is 27.9 Å². The molecule has 29 heavy (non-hydrogen) atoms. The number of benzene rings is 1. The van der Waals surface area contributed by atoms with Crippen LogP contribution in [0.3, 0.4) is 0 Å². The Kier molecular flexibility index (Phi) is 6.19. The summed E-state index contributed by atoms with van der Waals surface area (Å²) < 4.78 is 22.4. The van der Waals surface area contributed by atoms with Gasteiger partial charge in [-0.1, -0.05) is 12.1 Å². The quantitative estimate of drug-likeness (QED) is 0.732. The second-order valence-electron chi connectivity index (χ2n) is 8.87. The average Bonchev–Trinajstić information content (AvgIpc) is 3.23. The fourth-order valence-corrected chi connectivity index (χ4v) is 3.98. The molecule has 2 heterocycles. The molecule has 7 nitrogen and oxygen atoms in total. The fraction of sp³-hybridized carbons (Fsp3) is 0.636. The van der Waals surface area contributed by atoms with Gasteiger partial charge in [0.05, 0.1) is 37.7 Å². The number of ether oxygens (including phenoxy) is 4. The average molecular weight is 405 g/mol. The van der Waals surface area contributed by atoms with Crippen molar-refractivity contribution in [3.8, 4) is 5.75 Å². The second kappa shape index (κ2) is 8.32. The number of rotatable bonds is 6. The molecule has 0 radical (unpaired) electrons. The molecular formula is C22H31NO6. The van der Waals surface area contributed by atoms with Crippen LogP contribution in [0.1, 0.15) is 33.3 Å². The minimum atomic E-state index is -0.982. The van der Waals surface area contributed by atoms with Gasteiger partial charge in [0.15, 0.2) is 5.79 Å². The summed E-state index contributed by atoms with van der Waals surface area (Å²) in [5, 5.41) is 3.00. The Labute approximate surface area is 172 Å². The molecule has 3 atom stereocenters. The number of hydrogen-bond donors (Lipinski definition) is 1. The van der Waals surface area contributed by atoms with Gasteiger partial charge in [-0.05, 0) is 51.8 Å². The third kappa shape index (κ3) is 4.73. The molecule has 2 saturated heterocycles. The number of methoxy groups -OCH3 is 1. The summed E-state index contributed by atoms with van der Waals surface area (Å²) in [4.78, 5) is 25.1. The van der Waals surface area contributed by atoms with Gasteiger partial charge in [-0.2, -0.15) is 0 Å². The van der Waals surface area contributed by atoms with E-state index in [-0.39, 0.29) is 30.4 Å². The van der Waals surface area contributed by atoms with E-state index in [4.69, 9.17) is 18.9 Å². The summed E-state index contributed by atoms with van der Waals surface area (Å²) in [6.07, 6.45) is 0.618. The largest absolute Gasteiger partial charge is 0.497 e. The van der Waals surface area contributed by atoms with Crippen molar-refractivity contribution in [2.75, 3.05) is 26.9 Å². The molecule has 0 unspecified atom stereocenters. The number of nitrogens with one attached hydrogen (secondary N) is 1. The van der Waals surface area contributed by atoms with Gasteiger partial charge in [0.2, 0.25) is 5.91 Å². The van der Waals surface area contributed by atoms with E-state index in [1.165, 1.54) is 0 Å². The van der Waals surface area contributed by atoms with Gasteiger partial charge in [-0.25, -0.2) is 0 Å². The van der Waals surface area contributed by atoms with Crippen LogP contribution in [-0.2, 0) is 30.2 Å². The molecule has 2 aliphatic heterocycles. The number of hydrogen-bond acceptors (Lipinski definition) is 6. The normalized spacial score (nSPS) is 26.2. The van der Waals surface area contributed by atoms with Crippen molar-refractivity contribution in [2.45, 2.75) is 45.9 Å². The van der Waals surface area contributed by atoms with Gasteiger partial charge in [-0.3, -0.25) is 9.59 Å². The van der Waals surface area contributed by atoms with E-state index >= 15 is 0 Å². The first kappa shape index (κ1) is 21.6. The van der Waals surface area contributed by atoms with Gasteiger partial charge in [0.1, 0.15) is 12.4 Å². The maximum absolute atomic E-state index is 12.9. The van der Waals surface area contributed by atoms with E-state index in [1.807, 2.05) is 31.2 Å². The van der Waals surface area contributed by atoms with Gasteiger partial charge in [0.25, 0.3) is 0 Å². The molecule has 0 aliphatic carbocycles. The van der Waals surface area contributed by atoms with E-state index < -0.39 is 17.1 Å². The van der Waals surface area contributed by atoms with Crippen molar-refractivity contribution in [2.24, 2.45) is 17.3 Å². The highest BCUT2D eigenvalue weighted by atomic mass is 16.7. The molecule has 1 amide bonds. The van der Waals surface area contributed by atoms with E-state index in [0.29, 0.717) is 19.6 Å². The number of amides is 1. The first-order valence-electron chi connectivity index (χ1n) is 10.0. The maximum Gasteiger partial charge on any atom is 0.311 e. The molecule has 2 fully saturated rings. The van der Waals surface area contributed by atoms with Gasteiger partial charge >= 0.3 is 5.97 Å². The second-order valence-corrected chi connectivity index (χ2v) is 8.87. The Bertz CT molecular complexity index is 733. The topological polar surface area (TPSA) is 83.1 Å². The Morgan fingerprint density at radius 3 is 2.38 bits per heavy atom. The van der Waals surface area contributed by atoms with Crippen molar-refractivity contribution < 1.29 is 28.5 Å². The lowest BCUT2D eigenvalue weighted by atomic mass is 9.80. The smallest absolute Gasteiger partial charge is 0.311 e. The van der Waals surface area contributed by atoms with Crippen LogP contribution >= 0.6 is 0 Å². The maximum atomic E-state index is 12.9. The third-order valence-electron chi connectivity index (χ3n) is 5.62. The SMILES string of the molecule is COc1ccc(C[C@H]2[C@H](C3(C)OCCO3)C(=O)N[C@@H]2COC(=O)C(C)(C)C)cc1. The predicted octanol–water partition coefficient (Wildman–Crippen LogP) is 2.32. The van der Waals surface area contributed by atoms with Crippen molar-refractivity contribution in [1.29, 1.82) is 0 Å². The Morgan fingerprint density at radius 1 is 1.21 bits per heavy atom. The van der Waals surface area contributed by atoms with Crippen LogP contribution in [0.4, 0.5) is 0 Å². The minimum Gasteiger partial charge on any atom is -0.497 e. The zero-order valence-electron chi connectivity index (χ0n) is 17.8. The van der Waals surface area contributed by atoms with Crippen molar-refractivity contribution in [1.82, 2.24) is 5.32 Å². The molecule has 0 aromatic heterocycles. The minimum absolute atomic E-state index is 0.120. The molecule has 1 N–H and O–H groups in total. The molecular weight excluding hydrogens is 374 g/mol. The summed E-state index contributed by atoms with van der Waals surface area (Å²) in [5.74, 6) is -1.28. The number of carbonyl (C=O) groups is 2. The Morgan fingerprint density at radius 2 is 1.83 bits per heavy atom. The zero-order valence-corrected chi connectivity index (χ0v) is 17.8. The molecule has 0 spiro atoms. The first-order chi connectivity index (χ1) is 13.6. The Hall–Kier alpha value is -2.12. The van der Waals surface area contributed by atoms with E-state index in [9.17, 15) is 9.59 Å². The standard InChI is InChI=1S/C22H31NO6/c1-21(2,3)20(25)27-13-17-16(12-14-6-8-15(26-5)9-7-14)18(19(24)23-17)22(4)28-10-11-29-22/h6-9,16-18H,10-13H2,1-5H3,(H,23,24)/t16-,17-,18+/m1/s1. The highest BCUT2D eigenvalue weighted by molar-refractivity contribution is 5.83. The summed E-state index contributed by atoms with van der Waals surface area (Å²) in [7, 11) is 1.62. The van der Waals surface area contributed by atoms with Crippen LogP contribution in [0, 0.1) is 17.3 Å². The van der Waals surface area contributed by atoms with Crippen LogP contribution in [0.5, 0.6) is 5.75 Å². The first-order valence-corrected chi connectivity index (χ1v) is 10.0. The lowest BCUT2D eigenvalue weighted by Gasteiger charge is -2.33. The molecule has 0 saturated carbocycles. The molecule has 160 valence electrons. The molecule has 7 heteroatoms. The zero-order chi connectivity index (χ0) is 21.2. The fourth-order valence-electron chi connectivity index (χ4n) is 3.98. The highest BCUT2D eigenvalue weighted by Crippen LogP contribution is 2.40. The highest BCUT2D eigenvalue weighted by Gasteiger charge is 2.55. The van der Waals surface area contributed by atoms with Crippen LogP contribution in [0.2, 0.25) is 0 Å². The third-order valence-corrected chi connectivity index (χ3v) is 5.62. The lowest BCUT2D eigenvalue weighted by molar-refractivity contribution is -0.191. The summed E-state index contributed by atoms with van der Waals surface area (Å²) in [6.45, 7) is 8.27. The monoisotopic (exact) mass is 405 g/mol.